The third-order valence-corrected chi connectivity index (χ3v) is 4.48. The highest BCUT2D eigenvalue weighted by molar-refractivity contribution is 5.91. The Morgan fingerprint density at radius 2 is 1.74 bits per heavy atom. The monoisotopic (exact) mass is 434 g/mol. The van der Waals surface area contributed by atoms with Crippen molar-refractivity contribution >= 4 is 29.9 Å². The highest BCUT2D eigenvalue weighted by Crippen LogP contribution is 2.04. The number of amides is 4. The molecule has 0 heterocycles. The molecule has 10 nitrogen and oxygen atoms in total. The Hall–Kier alpha value is -3.27. The van der Waals surface area contributed by atoms with Crippen molar-refractivity contribution in [3.63, 3.8) is 0 Å². The average Bonchev–Trinajstić information content (AvgIpc) is 2.78. The molecule has 170 valence electrons. The predicted octanol–water partition coefficient (Wildman–Crippen LogP) is -0.718. The van der Waals surface area contributed by atoms with E-state index in [0.717, 1.165) is 5.56 Å². The molecule has 10 heteroatoms. The van der Waals surface area contributed by atoms with Crippen LogP contribution in [0.5, 0.6) is 0 Å². The first-order chi connectivity index (χ1) is 14.9. The van der Waals surface area contributed by atoms with Gasteiger partial charge >= 0.3 is 0 Å². The molecular weight excluding hydrogens is 404 g/mol. The van der Waals surface area contributed by atoms with Crippen LogP contribution in [0.15, 0.2) is 30.3 Å². The van der Waals surface area contributed by atoms with E-state index in [0.29, 0.717) is 12.8 Å². The number of benzene rings is 1. The second-order valence-corrected chi connectivity index (χ2v) is 6.89. The highest BCUT2D eigenvalue weighted by Gasteiger charge is 2.21. The molecule has 0 aromatic heterocycles. The van der Waals surface area contributed by atoms with Crippen molar-refractivity contribution in [2.24, 2.45) is 5.92 Å². The van der Waals surface area contributed by atoms with Gasteiger partial charge in [0.1, 0.15) is 19.4 Å². The minimum atomic E-state index is -0.930. The van der Waals surface area contributed by atoms with Crippen LogP contribution in [0.4, 0.5) is 0 Å². The lowest BCUT2D eigenvalue weighted by Gasteiger charge is -2.18. The minimum absolute atomic E-state index is 0.0476. The van der Waals surface area contributed by atoms with Gasteiger partial charge in [0.05, 0.1) is 13.1 Å². The Labute approximate surface area is 181 Å². The summed E-state index contributed by atoms with van der Waals surface area (Å²) in [6.07, 6.45) is 1.31. The van der Waals surface area contributed by atoms with E-state index in [1.807, 2.05) is 13.0 Å². The van der Waals surface area contributed by atoms with E-state index < -0.39 is 23.8 Å². The highest BCUT2D eigenvalue weighted by atomic mass is 16.5. The molecule has 1 rings (SSSR count). The zero-order valence-corrected chi connectivity index (χ0v) is 17.8. The van der Waals surface area contributed by atoms with Crippen molar-refractivity contribution in [2.75, 3.05) is 26.4 Å². The number of carbonyl (C=O) groups excluding carboxylic acids is 5. The molecule has 1 aromatic carbocycles. The summed E-state index contributed by atoms with van der Waals surface area (Å²) in [5, 5.41) is 9.67. The fraction of sp³-hybridized carbons (Fsp3) is 0.476. The number of ether oxygens (including phenoxy) is 1. The van der Waals surface area contributed by atoms with Crippen LogP contribution in [0.3, 0.4) is 0 Å². The van der Waals surface area contributed by atoms with Crippen molar-refractivity contribution < 1.29 is 28.7 Å². The van der Waals surface area contributed by atoms with Gasteiger partial charge in [-0.25, -0.2) is 0 Å². The van der Waals surface area contributed by atoms with E-state index in [4.69, 9.17) is 4.74 Å². The van der Waals surface area contributed by atoms with Crippen LogP contribution in [0.25, 0.3) is 0 Å². The molecule has 0 saturated carbocycles. The fourth-order valence-electron chi connectivity index (χ4n) is 2.44. The summed E-state index contributed by atoms with van der Waals surface area (Å²) in [7, 11) is 0. The van der Waals surface area contributed by atoms with E-state index in [1.54, 1.807) is 31.2 Å². The van der Waals surface area contributed by atoms with Gasteiger partial charge in [-0.15, -0.1) is 0 Å². The number of Topliss-reactive ketones (excluding diaryl/α,β-unsaturated/α-hetero) is 1. The molecule has 0 aliphatic carbocycles. The van der Waals surface area contributed by atoms with Gasteiger partial charge in [-0.1, -0.05) is 44.2 Å². The zero-order valence-electron chi connectivity index (χ0n) is 17.8. The summed E-state index contributed by atoms with van der Waals surface area (Å²) >= 11 is 0. The summed E-state index contributed by atoms with van der Waals surface area (Å²) in [5.74, 6) is -1.74. The fourth-order valence-corrected chi connectivity index (χ4v) is 2.44. The van der Waals surface area contributed by atoms with Crippen molar-refractivity contribution in [1.82, 2.24) is 21.3 Å². The maximum absolute atomic E-state index is 12.5. The summed E-state index contributed by atoms with van der Waals surface area (Å²) in [5.41, 5.74) is 0.815. The number of rotatable bonds is 15. The molecule has 1 aromatic rings. The molecule has 0 radical (unpaired) electrons. The second-order valence-electron chi connectivity index (χ2n) is 6.89. The molecule has 2 unspecified atom stereocenters. The molecule has 2 atom stereocenters. The number of hydrogen-bond acceptors (Lipinski definition) is 6. The third-order valence-electron chi connectivity index (χ3n) is 4.48. The smallest absolute Gasteiger partial charge is 0.243 e. The molecule has 0 aliphatic rings. The first-order valence-corrected chi connectivity index (χ1v) is 10.0. The molecule has 0 bridgehead atoms. The summed E-state index contributed by atoms with van der Waals surface area (Å²) in [4.78, 5) is 58.3. The van der Waals surface area contributed by atoms with Crippen LogP contribution in [-0.4, -0.2) is 62.4 Å². The normalized spacial score (nSPS) is 12.2. The number of nitrogens with one attached hydrogen (secondary N) is 4. The van der Waals surface area contributed by atoms with E-state index in [2.05, 4.69) is 21.3 Å². The summed E-state index contributed by atoms with van der Waals surface area (Å²) < 4.78 is 5.13. The maximum Gasteiger partial charge on any atom is 0.243 e. The molecule has 4 N–H and O–H groups in total. The van der Waals surface area contributed by atoms with Gasteiger partial charge in [0.15, 0.2) is 5.78 Å². The lowest BCUT2D eigenvalue weighted by Crippen LogP contribution is -2.51. The molecule has 0 aliphatic heterocycles. The van der Waals surface area contributed by atoms with Gasteiger partial charge in [-0.05, 0) is 12.0 Å². The first kappa shape index (κ1) is 25.8. The van der Waals surface area contributed by atoms with Gasteiger partial charge in [0.2, 0.25) is 24.1 Å². The van der Waals surface area contributed by atoms with Gasteiger partial charge < -0.3 is 26.0 Å². The van der Waals surface area contributed by atoms with Crippen LogP contribution in [-0.2, 0) is 35.1 Å². The third kappa shape index (κ3) is 10.9. The Bertz CT molecular complexity index is 741. The van der Waals surface area contributed by atoms with Crippen LogP contribution < -0.4 is 21.3 Å². The quantitative estimate of drug-likeness (QED) is 0.163. The molecule has 31 heavy (non-hydrogen) atoms. The first-order valence-electron chi connectivity index (χ1n) is 10.0. The predicted molar refractivity (Wildman–Crippen MR) is 113 cm³/mol. The van der Waals surface area contributed by atoms with E-state index in [9.17, 15) is 24.0 Å². The zero-order chi connectivity index (χ0) is 23.1. The summed E-state index contributed by atoms with van der Waals surface area (Å²) in [6, 6.07) is 8.12. The van der Waals surface area contributed by atoms with Crippen molar-refractivity contribution in [1.29, 1.82) is 0 Å². The Kier molecular flexibility index (Phi) is 12.2. The lowest BCUT2D eigenvalue weighted by molar-refractivity contribution is -0.131. The topological polar surface area (TPSA) is 143 Å². The Morgan fingerprint density at radius 3 is 2.39 bits per heavy atom. The number of carbonyl (C=O) groups is 5. The van der Waals surface area contributed by atoms with E-state index in [1.165, 1.54) is 0 Å². The van der Waals surface area contributed by atoms with Gasteiger partial charge in [-0.2, -0.15) is 0 Å². The standard InChI is InChI=1S/C21H30N4O6/c1-3-15(2)18(27)12-31-14-24-19(28)11-23-21(30)17(25-20(29)10-22-13-26)9-16-7-5-4-6-8-16/h4-8,13,15,17H,3,9-12,14H2,1-2H3,(H,22,26)(H,23,30)(H,24,28)(H,25,29). The number of hydrogen-bond donors (Lipinski definition) is 4. The van der Waals surface area contributed by atoms with Crippen molar-refractivity contribution in [3.8, 4) is 0 Å². The lowest BCUT2D eigenvalue weighted by atomic mass is 10.1. The van der Waals surface area contributed by atoms with Crippen LogP contribution in [0.1, 0.15) is 25.8 Å². The average molecular weight is 434 g/mol. The molecule has 0 spiro atoms. The Balaban J connectivity index is 2.49. The van der Waals surface area contributed by atoms with Crippen LogP contribution >= 0.6 is 0 Å². The van der Waals surface area contributed by atoms with E-state index in [-0.39, 0.29) is 44.5 Å². The van der Waals surface area contributed by atoms with Gasteiger partial charge in [0, 0.05) is 12.3 Å². The molecule has 0 fully saturated rings. The Morgan fingerprint density at radius 1 is 1.03 bits per heavy atom. The SMILES string of the molecule is CCC(C)C(=O)COCNC(=O)CNC(=O)C(Cc1ccccc1)NC(=O)CNC=O. The van der Waals surface area contributed by atoms with Crippen molar-refractivity contribution in [2.45, 2.75) is 32.7 Å². The number of ketones is 1. The molecule has 4 amide bonds. The molecule has 0 saturated heterocycles. The minimum Gasteiger partial charge on any atom is -0.353 e. The van der Waals surface area contributed by atoms with Gasteiger partial charge in [0.25, 0.3) is 0 Å². The van der Waals surface area contributed by atoms with Gasteiger partial charge in [-0.3, -0.25) is 24.0 Å². The molecular formula is C21H30N4O6. The van der Waals surface area contributed by atoms with Crippen LogP contribution in [0.2, 0.25) is 0 Å². The largest absolute Gasteiger partial charge is 0.353 e. The maximum atomic E-state index is 12.5. The van der Waals surface area contributed by atoms with Crippen LogP contribution in [0, 0.1) is 5.92 Å². The second kappa shape index (κ2) is 14.7. The van der Waals surface area contributed by atoms with Crippen molar-refractivity contribution in [3.05, 3.63) is 35.9 Å². The van der Waals surface area contributed by atoms with E-state index >= 15 is 0 Å². The summed E-state index contributed by atoms with van der Waals surface area (Å²) in [6.45, 7) is 2.86.